The summed E-state index contributed by atoms with van der Waals surface area (Å²) in [5.74, 6) is 0.534. The Balaban J connectivity index is 1.51. The van der Waals surface area contributed by atoms with Gasteiger partial charge in [0.1, 0.15) is 6.04 Å². The van der Waals surface area contributed by atoms with Crippen molar-refractivity contribution in [3.05, 3.63) is 99.3 Å². The number of halogens is 1. The quantitative estimate of drug-likeness (QED) is 0.314. The lowest BCUT2D eigenvalue weighted by Gasteiger charge is -2.26. The van der Waals surface area contributed by atoms with Crippen molar-refractivity contribution < 1.29 is 0 Å². The molecule has 0 aliphatic carbocycles. The fourth-order valence-electron chi connectivity index (χ4n) is 3.98. The monoisotopic (exact) mass is 457 g/mol. The first-order chi connectivity index (χ1) is 15.7. The number of guanidine groups is 1. The Bertz CT molecular complexity index is 1540. The molecule has 0 unspecified atom stereocenters. The van der Waals surface area contributed by atoms with E-state index in [4.69, 9.17) is 16.6 Å². The molecule has 0 spiro atoms. The van der Waals surface area contributed by atoms with Crippen molar-refractivity contribution >= 4 is 60.8 Å². The minimum atomic E-state index is -0.492. The molecule has 8 heteroatoms. The Morgan fingerprint density at radius 1 is 0.969 bits per heavy atom. The number of rotatable bonds is 2. The van der Waals surface area contributed by atoms with E-state index in [-0.39, 0.29) is 5.56 Å². The molecule has 0 radical (unpaired) electrons. The Labute approximate surface area is 191 Å². The summed E-state index contributed by atoms with van der Waals surface area (Å²) in [5.41, 5.74) is 3.70. The number of para-hydroxylation sites is 2. The van der Waals surface area contributed by atoms with Crippen molar-refractivity contribution in [3.8, 4) is 0 Å². The van der Waals surface area contributed by atoms with Crippen LogP contribution in [0.1, 0.15) is 17.2 Å². The van der Waals surface area contributed by atoms with Crippen molar-refractivity contribution in [3.63, 3.8) is 0 Å². The van der Waals surface area contributed by atoms with E-state index in [1.54, 1.807) is 11.3 Å². The van der Waals surface area contributed by atoms with Crippen LogP contribution in [0.4, 0.5) is 10.8 Å². The molecule has 0 bridgehead atoms. The molecule has 3 N–H and O–H groups in total. The van der Waals surface area contributed by atoms with Gasteiger partial charge in [-0.25, -0.2) is 9.98 Å². The van der Waals surface area contributed by atoms with Crippen molar-refractivity contribution in [2.75, 3.05) is 10.6 Å². The molecule has 3 heterocycles. The second-order valence-electron chi connectivity index (χ2n) is 7.46. The van der Waals surface area contributed by atoms with Crippen molar-refractivity contribution in [1.29, 1.82) is 0 Å². The van der Waals surface area contributed by atoms with E-state index in [0.29, 0.717) is 16.5 Å². The summed E-state index contributed by atoms with van der Waals surface area (Å²) >= 11 is 7.65. The summed E-state index contributed by atoms with van der Waals surface area (Å²) in [6.45, 7) is 0. The Morgan fingerprint density at radius 2 is 1.75 bits per heavy atom. The molecule has 6 nitrogen and oxygen atoms in total. The van der Waals surface area contributed by atoms with Crippen LogP contribution in [0.3, 0.4) is 0 Å². The zero-order valence-corrected chi connectivity index (χ0v) is 18.2. The number of hydrogen-bond donors (Lipinski definition) is 3. The first-order valence-corrected chi connectivity index (χ1v) is 11.2. The fraction of sp³-hybridized carbons (Fsp3) is 0.0417. The molecular weight excluding hydrogens is 442 g/mol. The zero-order chi connectivity index (χ0) is 21.7. The van der Waals surface area contributed by atoms with E-state index >= 15 is 0 Å². The molecule has 2 aromatic heterocycles. The third-order valence-corrected chi connectivity index (χ3v) is 6.64. The highest BCUT2D eigenvalue weighted by Crippen LogP contribution is 2.37. The third kappa shape index (κ3) is 3.23. The summed E-state index contributed by atoms with van der Waals surface area (Å²) in [6.07, 6.45) is 0. The molecule has 6 rings (SSSR count). The van der Waals surface area contributed by atoms with Crippen LogP contribution in [0, 0.1) is 0 Å². The van der Waals surface area contributed by atoms with Gasteiger partial charge in [0.25, 0.3) is 5.56 Å². The molecule has 0 saturated heterocycles. The predicted molar refractivity (Wildman–Crippen MR) is 132 cm³/mol. The summed E-state index contributed by atoms with van der Waals surface area (Å²) in [7, 11) is 0. The second kappa shape index (κ2) is 7.47. The van der Waals surface area contributed by atoms with Gasteiger partial charge in [0, 0.05) is 10.4 Å². The molecule has 3 aromatic carbocycles. The van der Waals surface area contributed by atoms with Gasteiger partial charge in [-0.05, 0) is 35.9 Å². The van der Waals surface area contributed by atoms with E-state index in [9.17, 15) is 4.79 Å². The number of nitrogens with one attached hydrogen (secondary N) is 3. The van der Waals surface area contributed by atoms with Crippen LogP contribution in [0.15, 0.2) is 82.6 Å². The topological polar surface area (TPSA) is 82.2 Å². The van der Waals surface area contributed by atoms with Gasteiger partial charge in [-0.2, -0.15) is 0 Å². The summed E-state index contributed by atoms with van der Waals surface area (Å²) in [6, 6.07) is 22.6. The number of benzene rings is 3. The number of nitrogens with zero attached hydrogens (tertiary/aromatic N) is 2. The minimum Gasteiger partial charge on any atom is -0.325 e. The molecule has 1 aliphatic rings. The van der Waals surface area contributed by atoms with Crippen LogP contribution in [0.2, 0.25) is 5.02 Å². The minimum absolute atomic E-state index is 0.172. The molecule has 156 valence electrons. The van der Waals surface area contributed by atoms with E-state index in [0.717, 1.165) is 37.5 Å². The van der Waals surface area contributed by atoms with Gasteiger partial charge in [-0.3, -0.25) is 4.79 Å². The fourth-order valence-corrected chi connectivity index (χ4v) is 4.97. The largest absolute Gasteiger partial charge is 0.325 e. The third-order valence-electron chi connectivity index (χ3n) is 5.44. The average Bonchev–Trinajstić information content (AvgIpc) is 3.21. The molecule has 0 saturated carbocycles. The van der Waals surface area contributed by atoms with Gasteiger partial charge < -0.3 is 15.6 Å². The number of pyridine rings is 1. The standard InChI is InChI=1S/C24H16ClN5OS/c25-14-11-9-13(10-12-14)20-19-21(15-5-1-2-6-16(15)26-22(19)31)29-23(28-20)30-24-27-17-7-3-4-8-18(17)32-24/h1-12,20H,(H,26,31)(H2,27,28,29,30)/t20-/m1/s1. The highest BCUT2D eigenvalue weighted by Gasteiger charge is 2.28. The number of aliphatic imine (C=N–C) groups is 1. The van der Waals surface area contributed by atoms with Crippen LogP contribution < -0.4 is 16.2 Å². The summed E-state index contributed by atoms with van der Waals surface area (Å²) in [5, 5.41) is 8.93. The van der Waals surface area contributed by atoms with E-state index in [1.807, 2.05) is 72.8 Å². The van der Waals surface area contributed by atoms with Crippen LogP contribution >= 0.6 is 22.9 Å². The van der Waals surface area contributed by atoms with Crippen molar-refractivity contribution in [1.82, 2.24) is 9.97 Å². The van der Waals surface area contributed by atoms with Gasteiger partial charge in [0.15, 0.2) is 5.13 Å². The number of fused-ring (bicyclic) bond motifs is 4. The van der Waals surface area contributed by atoms with Crippen LogP contribution in [0.25, 0.3) is 21.1 Å². The first kappa shape index (κ1) is 19.0. The number of anilines is 2. The van der Waals surface area contributed by atoms with Crippen molar-refractivity contribution in [2.24, 2.45) is 4.99 Å². The smallest absolute Gasteiger partial charge is 0.256 e. The highest BCUT2D eigenvalue weighted by atomic mass is 35.5. The maximum Gasteiger partial charge on any atom is 0.256 e. The molecule has 32 heavy (non-hydrogen) atoms. The van der Waals surface area contributed by atoms with E-state index in [2.05, 4.69) is 20.6 Å². The first-order valence-electron chi connectivity index (χ1n) is 10.0. The molecule has 0 amide bonds. The maximum atomic E-state index is 13.1. The molecule has 1 atom stereocenters. The average molecular weight is 458 g/mol. The lowest BCUT2D eigenvalue weighted by molar-refractivity contribution is 0.846. The van der Waals surface area contributed by atoms with E-state index in [1.165, 1.54) is 0 Å². The van der Waals surface area contributed by atoms with Crippen LogP contribution in [-0.2, 0) is 0 Å². The molecular formula is C24H16ClN5OS. The summed E-state index contributed by atoms with van der Waals surface area (Å²) < 4.78 is 1.09. The Hall–Kier alpha value is -3.68. The number of hydrogen-bond acceptors (Lipinski definition) is 6. The van der Waals surface area contributed by atoms with Gasteiger partial charge in [-0.15, -0.1) is 0 Å². The molecule has 1 aliphatic heterocycles. The number of aromatic nitrogens is 2. The Morgan fingerprint density at radius 3 is 2.59 bits per heavy atom. The number of H-pyrrole nitrogens is 1. The Kier molecular flexibility index (Phi) is 4.45. The van der Waals surface area contributed by atoms with Crippen LogP contribution in [0.5, 0.6) is 0 Å². The van der Waals surface area contributed by atoms with Crippen LogP contribution in [-0.4, -0.2) is 15.9 Å². The van der Waals surface area contributed by atoms with Gasteiger partial charge >= 0.3 is 0 Å². The lowest BCUT2D eigenvalue weighted by Crippen LogP contribution is -2.32. The van der Waals surface area contributed by atoms with Crippen molar-refractivity contribution in [2.45, 2.75) is 6.04 Å². The SMILES string of the molecule is O=c1[nH]c2ccccc2c2c1[C@@H](c1ccc(Cl)cc1)N=C(Nc1nc3ccccc3s1)N2. The molecule has 0 fully saturated rings. The number of aromatic amines is 1. The van der Waals surface area contributed by atoms with Gasteiger partial charge in [0.2, 0.25) is 5.96 Å². The number of thiazole rings is 1. The lowest BCUT2D eigenvalue weighted by atomic mass is 9.96. The second-order valence-corrected chi connectivity index (χ2v) is 8.92. The zero-order valence-electron chi connectivity index (χ0n) is 16.6. The normalized spacial score (nSPS) is 15.3. The summed E-state index contributed by atoms with van der Waals surface area (Å²) in [4.78, 5) is 25.6. The molecule has 5 aromatic rings. The van der Waals surface area contributed by atoms with E-state index < -0.39 is 6.04 Å². The van der Waals surface area contributed by atoms with Gasteiger partial charge in [-0.1, -0.05) is 65.4 Å². The predicted octanol–water partition coefficient (Wildman–Crippen LogP) is 5.77. The van der Waals surface area contributed by atoms with Gasteiger partial charge in [0.05, 0.1) is 27.0 Å². The maximum absolute atomic E-state index is 13.1. The highest BCUT2D eigenvalue weighted by molar-refractivity contribution is 7.22.